The fraction of sp³-hybridized carbons (Fsp3) is 0.259. The number of halogens is 2. The molecule has 0 aliphatic carbocycles. The Labute approximate surface area is 241 Å². The molecular weight excluding hydrogens is 573 g/mol. The van der Waals surface area contributed by atoms with E-state index in [1.165, 1.54) is 21.7 Å². The van der Waals surface area contributed by atoms with Crippen molar-refractivity contribution in [2.75, 3.05) is 31.1 Å². The van der Waals surface area contributed by atoms with Crippen molar-refractivity contribution in [3.05, 3.63) is 83.0 Å². The number of imidazole rings is 1. The summed E-state index contributed by atoms with van der Waals surface area (Å²) in [4.78, 5) is 28.3. The zero-order valence-corrected chi connectivity index (χ0v) is 23.8. The van der Waals surface area contributed by atoms with Crippen LogP contribution in [0.4, 0.5) is 11.6 Å². The maximum absolute atomic E-state index is 14.3. The maximum atomic E-state index is 14.3. The number of hydrogen-bond donors (Lipinski definition) is 1. The van der Waals surface area contributed by atoms with E-state index in [0.717, 1.165) is 16.7 Å². The fourth-order valence-electron chi connectivity index (χ4n) is 5.29. The molecule has 0 unspecified atom stereocenters. The average molecular weight is 599 g/mol. The highest BCUT2D eigenvalue weighted by atomic mass is 35.5. The molecule has 2 aliphatic heterocycles. The number of carbonyl (C=O) groups is 1. The van der Waals surface area contributed by atoms with Gasteiger partial charge in [0.2, 0.25) is 5.95 Å². The Morgan fingerprint density at radius 3 is 2.25 bits per heavy atom. The Kier molecular flexibility index (Phi) is 6.87. The molecule has 4 aromatic rings. The number of hydrogen-bond acceptors (Lipinski definition) is 7. The maximum Gasteiger partial charge on any atom is 0.260 e. The van der Waals surface area contributed by atoms with Crippen LogP contribution >= 0.6 is 23.2 Å². The number of fused-ring (bicyclic) bond motifs is 1. The molecule has 2 aromatic carbocycles. The Balaban J connectivity index is 1.45. The average Bonchev–Trinajstić information content (AvgIpc) is 3.48. The molecule has 1 saturated heterocycles. The molecule has 6 rings (SSSR count). The van der Waals surface area contributed by atoms with E-state index < -0.39 is 15.6 Å². The number of amides is 1. The van der Waals surface area contributed by atoms with Crippen LogP contribution in [0.2, 0.25) is 10.0 Å². The minimum Gasteiger partial charge on any atom is -0.314 e. The van der Waals surface area contributed by atoms with Gasteiger partial charge in [-0.2, -0.15) is 4.31 Å². The van der Waals surface area contributed by atoms with Crippen LogP contribution in [0.3, 0.4) is 0 Å². The van der Waals surface area contributed by atoms with E-state index >= 15 is 0 Å². The number of anilines is 2. The number of sulfonamides is 1. The largest absolute Gasteiger partial charge is 0.314 e. The molecule has 0 saturated carbocycles. The highest BCUT2D eigenvalue weighted by molar-refractivity contribution is 7.89. The molecule has 40 heavy (non-hydrogen) atoms. The van der Waals surface area contributed by atoms with Crippen molar-refractivity contribution in [1.82, 2.24) is 29.1 Å². The summed E-state index contributed by atoms with van der Waals surface area (Å²) < 4.78 is 30.7. The van der Waals surface area contributed by atoms with Crippen molar-refractivity contribution in [1.29, 1.82) is 0 Å². The summed E-state index contributed by atoms with van der Waals surface area (Å²) in [6, 6.07) is 12.5. The number of benzene rings is 2. The fourth-order valence-corrected chi connectivity index (χ4v) is 7.43. The van der Waals surface area contributed by atoms with Crippen molar-refractivity contribution in [3.63, 3.8) is 0 Å². The molecule has 1 fully saturated rings. The summed E-state index contributed by atoms with van der Waals surface area (Å²) in [5, 5.41) is 3.83. The smallest absolute Gasteiger partial charge is 0.260 e. The molecule has 1 N–H and O–H groups in total. The third kappa shape index (κ3) is 4.57. The normalized spacial score (nSPS) is 19.7. The van der Waals surface area contributed by atoms with Gasteiger partial charge in [-0.1, -0.05) is 47.5 Å². The first-order valence-electron chi connectivity index (χ1n) is 12.6. The number of piperazine rings is 1. The van der Waals surface area contributed by atoms with E-state index in [1.807, 2.05) is 24.3 Å². The van der Waals surface area contributed by atoms with Gasteiger partial charge in [0.1, 0.15) is 11.9 Å². The van der Waals surface area contributed by atoms with Crippen LogP contribution < -0.4 is 10.2 Å². The van der Waals surface area contributed by atoms with E-state index in [-0.39, 0.29) is 23.3 Å². The van der Waals surface area contributed by atoms with Crippen LogP contribution in [0.25, 0.3) is 11.1 Å². The van der Waals surface area contributed by atoms with E-state index in [2.05, 4.69) is 20.3 Å². The quantitative estimate of drug-likeness (QED) is 0.359. The van der Waals surface area contributed by atoms with E-state index in [9.17, 15) is 13.2 Å². The Morgan fingerprint density at radius 2 is 1.60 bits per heavy atom. The van der Waals surface area contributed by atoms with Crippen molar-refractivity contribution >= 4 is 50.8 Å². The standard InChI is InChI=1S/C27H25Cl2N7O3S/c1-27(13-18-2-4-19(5-3-18)20-14-31-17-32-15-20)25(37)35(23-11-21(28)10-22(29)12-23)26-33-16-24(36(26)27)40(38,39)34-8-6-30-7-9-34/h2-5,10-12,14-17,30H,6-9,13H2,1H3/t27-/m1/s1. The van der Waals surface area contributed by atoms with Crippen LogP contribution in [0.1, 0.15) is 12.5 Å². The van der Waals surface area contributed by atoms with Crippen LogP contribution in [-0.2, 0) is 26.8 Å². The molecule has 206 valence electrons. The SMILES string of the molecule is C[C@@]1(Cc2ccc(-c3cncnc3)cc2)C(=O)N(c2cc(Cl)cc(Cl)c2)c2ncc(S(=O)(=O)N3CCNCC3)n21. The van der Waals surface area contributed by atoms with E-state index in [4.69, 9.17) is 23.2 Å². The Hall–Kier alpha value is -3.35. The Morgan fingerprint density at radius 1 is 0.950 bits per heavy atom. The second-order valence-electron chi connectivity index (χ2n) is 9.93. The lowest BCUT2D eigenvalue weighted by atomic mass is 9.91. The monoisotopic (exact) mass is 597 g/mol. The highest BCUT2D eigenvalue weighted by Gasteiger charge is 2.52. The van der Waals surface area contributed by atoms with E-state index in [1.54, 1.807) is 42.1 Å². The number of nitrogens with zero attached hydrogens (tertiary/aromatic N) is 6. The molecule has 0 bridgehead atoms. The van der Waals surface area contributed by atoms with Crippen LogP contribution in [-0.4, -0.2) is 64.3 Å². The van der Waals surface area contributed by atoms with Gasteiger partial charge in [0.15, 0.2) is 5.03 Å². The summed E-state index contributed by atoms with van der Waals surface area (Å²) in [5.41, 5.74) is 1.72. The first-order chi connectivity index (χ1) is 19.2. The molecular formula is C27H25Cl2N7O3S. The molecule has 13 heteroatoms. The van der Waals surface area contributed by atoms with Gasteiger partial charge in [0, 0.05) is 60.6 Å². The summed E-state index contributed by atoms with van der Waals surface area (Å²) in [6.45, 7) is 3.48. The lowest BCUT2D eigenvalue weighted by Crippen LogP contribution is -2.48. The summed E-state index contributed by atoms with van der Waals surface area (Å²) in [7, 11) is -3.95. The zero-order chi connectivity index (χ0) is 28.1. The van der Waals surface area contributed by atoms with Gasteiger partial charge in [0.05, 0.1) is 11.9 Å². The Bertz CT molecular complexity index is 1670. The lowest BCUT2D eigenvalue weighted by Gasteiger charge is -2.30. The van der Waals surface area contributed by atoms with Crippen molar-refractivity contribution in [2.45, 2.75) is 23.9 Å². The number of rotatable bonds is 6. The van der Waals surface area contributed by atoms with Crippen molar-refractivity contribution in [3.8, 4) is 11.1 Å². The highest BCUT2D eigenvalue weighted by Crippen LogP contribution is 2.45. The van der Waals surface area contributed by atoms with Gasteiger partial charge < -0.3 is 5.32 Å². The summed E-state index contributed by atoms with van der Waals surface area (Å²) in [5.74, 6) is -0.149. The second kappa shape index (κ2) is 10.2. The van der Waals surface area contributed by atoms with Crippen LogP contribution in [0.5, 0.6) is 0 Å². The van der Waals surface area contributed by atoms with Gasteiger partial charge in [-0.3, -0.25) is 9.36 Å². The lowest BCUT2D eigenvalue weighted by molar-refractivity contribution is -0.124. The van der Waals surface area contributed by atoms with Gasteiger partial charge in [-0.25, -0.2) is 28.3 Å². The molecule has 0 radical (unpaired) electrons. The first kappa shape index (κ1) is 26.9. The van der Waals surface area contributed by atoms with Gasteiger partial charge in [-0.15, -0.1) is 0 Å². The zero-order valence-electron chi connectivity index (χ0n) is 21.5. The number of aromatic nitrogens is 4. The van der Waals surface area contributed by atoms with Crippen molar-refractivity contribution in [2.24, 2.45) is 0 Å². The predicted molar refractivity (Wildman–Crippen MR) is 152 cm³/mol. The topological polar surface area (TPSA) is 113 Å². The van der Waals surface area contributed by atoms with Crippen molar-refractivity contribution < 1.29 is 13.2 Å². The molecule has 4 heterocycles. The molecule has 0 spiro atoms. The molecule has 1 amide bonds. The first-order valence-corrected chi connectivity index (χ1v) is 14.8. The molecule has 2 aromatic heterocycles. The molecule has 1 atom stereocenters. The second-order valence-corrected chi connectivity index (χ2v) is 12.7. The minimum atomic E-state index is -3.95. The third-order valence-electron chi connectivity index (χ3n) is 7.25. The van der Waals surface area contributed by atoms with Gasteiger partial charge >= 0.3 is 0 Å². The summed E-state index contributed by atoms with van der Waals surface area (Å²) in [6.07, 6.45) is 6.47. The summed E-state index contributed by atoms with van der Waals surface area (Å²) >= 11 is 12.6. The molecule has 2 aliphatic rings. The minimum absolute atomic E-state index is 0.0334. The number of nitrogens with one attached hydrogen (secondary N) is 1. The predicted octanol–water partition coefficient (Wildman–Crippen LogP) is 3.88. The number of carbonyl (C=O) groups excluding carboxylic acids is 1. The van der Waals surface area contributed by atoms with Gasteiger partial charge in [-0.05, 0) is 36.2 Å². The van der Waals surface area contributed by atoms with E-state index in [0.29, 0.717) is 41.9 Å². The third-order valence-corrected chi connectivity index (χ3v) is 9.55. The van der Waals surface area contributed by atoms with Gasteiger partial charge in [0.25, 0.3) is 15.9 Å². The van der Waals surface area contributed by atoms with Crippen LogP contribution in [0, 0.1) is 0 Å². The molecule has 10 nitrogen and oxygen atoms in total. The van der Waals surface area contributed by atoms with Crippen LogP contribution in [0.15, 0.2) is 72.4 Å².